The van der Waals surface area contributed by atoms with Crippen molar-refractivity contribution in [2.24, 2.45) is 0 Å². The molecule has 1 aliphatic rings. The number of hydrogen-bond acceptors (Lipinski definition) is 5. The molecule has 0 saturated carbocycles. The van der Waals surface area contributed by atoms with Crippen LogP contribution in [0.5, 0.6) is 0 Å². The van der Waals surface area contributed by atoms with Crippen molar-refractivity contribution in [2.45, 2.75) is 31.9 Å². The molecule has 1 atom stereocenters. The van der Waals surface area contributed by atoms with Crippen LogP contribution in [0, 0.1) is 6.92 Å². The number of benzene rings is 1. The van der Waals surface area contributed by atoms with Crippen molar-refractivity contribution < 1.29 is 35.9 Å². The van der Waals surface area contributed by atoms with Gasteiger partial charge in [0.05, 0.1) is 25.3 Å². The number of carbonyl (C=O) groups excluding carboxylic acids is 1. The highest BCUT2D eigenvalue weighted by molar-refractivity contribution is 5.92. The quantitative estimate of drug-likeness (QED) is 0.530. The Morgan fingerprint density at radius 1 is 1.26 bits per heavy atom. The summed E-state index contributed by atoms with van der Waals surface area (Å²) >= 11 is 0. The van der Waals surface area contributed by atoms with Gasteiger partial charge >= 0.3 is 12.4 Å². The Labute approximate surface area is 172 Å². The third-order valence-corrected chi connectivity index (χ3v) is 4.53. The van der Waals surface area contributed by atoms with Gasteiger partial charge in [-0.3, -0.25) is 4.79 Å². The van der Waals surface area contributed by atoms with Gasteiger partial charge in [0.1, 0.15) is 0 Å². The summed E-state index contributed by atoms with van der Waals surface area (Å²) in [5.74, 6) is -0.615. The summed E-state index contributed by atoms with van der Waals surface area (Å²) < 4.78 is 83.6. The molecule has 2 aromatic rings. The maximum Gasteiger partial charge on any atom is 0.416 e. The van der Waals surface area contributed by atoms with Gasteiger partial charge in [-0.2, -0.15) is 31.1 Å². The van der Waals surface area contributed by atoms with E-state index in [0.717, 1.165) is 29.1 Å². The van der Waals surface area contributed by atoms with E-state index in [-0.39, 0.29) is 30.8 Å². The lowest BCUT2D eigenvalue weighted by molar-refractivity contribution is -0.211. The van der Waals surface area contributed by atoms with Crippen LogP contribution in [0.25, 0.3) is 6.08 Å². The lowest BCUT2D eigenvalue weighted by atomic mass is 10.0. The fourth-order valence-electron chi connectivity index (χ4n) is 3.02. The van der Waals surface area contributed by atoms with Crippen molar-refractivity contribution in [3.63, 3.8) is 0 Å². The topological polar surface area (TPSA) is 73.1 Å². The Morgan fingerprint density at radius 3 is 2.61 bits per heavy atom. The van der Waals surface area contributed by atoms with Gasteiger partial charge in [-0.1, -0.05) is 6.07 Å². The number of rotatable bonds is 4. The van der Waals surface area contributed by atoms with Gasteiger partial charge in [-0.15, -0.1) is 10.2 Å². The predicted molar refractivity (Wildman–Crippen MR) is 94.5 cm³/mol. The summed E-state index contributed by atoms with van der Waals surface area (Å²) in [7, 11) is 0. The number of alkyl halides is 6. The molecule has 0 N–H and O–H groups in total. The van der Waals surface area contributed by atoms with Crippen LogP contribution in [0.4, 0.5) is 26.3 Å². The zero-order chi connectivity index (χ0) is 22.8. The van der Waals surface area contributed by atoms with Crippen molar-refractivity contribution in [1.82, 2.24) is 25.1 Å². The molecule has 0 radical (unpaired) electrons. The standard InChI is InChI=1S/C18H17F6N5O2/c1-11-25-27-29(26-11)9-13-8-14(17(19,20)21)4-2-12(13)3-5-16(30)28-6-7-31-10-15(28)18(22,23)24/h2-5,8,15H,6-7,9-10H2,1H3. The minimum absolute atomic E-state index is 0.0466. The van der Waals surface area contributed by atoms with Crippen molar-refractivity contribution in [1.29, 1.82) is 0 Å². The number of tetrazole rings is 1. The number of halogens is 6. The van der Waals surface area contributed by atoms with E-state index in [0.29, 0.717) is 10.7 Å². The fraction of sp³-hybridized carbons (Fsp3) is 0.444. The van der Waals surface area contributed by atoms with Crippen LogP contribution in [0.1, 0.15) is 22.5 Å². The van der Waals surface area contributed by atoms with Crippen LogP contribution < -0.4 is 0 Å². The van der Waals surface area contributed by atoms with Crippen LogP contribution in [-0.2, 0) is 22.3 Å². The fourth-order valence-corrected chi connectivity index (χ4v) is 3.02. The summed E-state index contributed by atoms with van der Waals surface area (Å²) in [6, 6.07) is 0.733. The van der Waals surface area contributed by atoms with Gasteiger partial charge in [0, 0.05) is 12.6 Å². The molecule has 3 rings (SSSR count). The van der Waals surface area contributed by atoms with Gasteiger partial charge < -0.3 is 9.64 Å². The third kappa shape index (κ3) is 5.60. The molecule has 1 aromatic heterocycles. The Balaban J connectivity index is 1.88. The second kappa shape index (κ2) is 8.65. The molecule has 1 saturated heterocycles. The monoisotopic (exact) mass is 449 g/mol. The van der Waals surface area contributed by atoms with Crippen LogP contribution in [0.15, 0.2) is 24.3 Å². The number of ether oxygens (including phenoxy) is 1. The molecule has 1 aromatic carbocycles. The Morgan fingerprint density at radius 2 is 2.00 bits per heavy atom. The van der Waals surface area contributed by atoms with Gasteiger partial charge in [-0.25, -0.2) is 0 Å². The molecule has 1 fully saturated rings. The lowest BCUT2D eigenvalue weighted by Gasteiger charge is -2.35. The van der Waals surface area contributed by atoms with E-state index in [1.165, 1.54) is 6.08 Å². The first kappa shape index (κ1) is 22.7. The Bertz CT molecular complexity index is 969. The average Bonchev–Trinajstić information content (AvgIpc) is 3.10. The third-order valence-electron chi connectivity index (χ3n) is 4.53. The molecule has 0 bridgehead atoms. The maximum atomic E-state index is 13.2. The predicted octanol–water partition coefficient (Wildman–Crippen LogP) is 2.85. The zero-order valence-corrected chi connectivity index (χ0v) is 16.1. The van der Waals surface area contributed by atoms with Crippen molar-refractivity contribution in [3.8, 4) is 0 Å². The van der Waals surface area contributed by atoms with E-state index in [4.69, 9.17) is 4.74 Å². The first-order chi connectivity index (χ1) is 14.4. The molecule has 0 spiro atoms. The number of carbonyl (C=O) groups is 1. The smallest absolute Gasteiger partial charge is 0.377 e. The van der Waals surface area contributed by atoms with Crippen molar-refractivity contribution >= 4 is 12.0 Å². The molecule has 1 amide bonds. The van der Waals surface area contributed by atoms with Crippen LogP contribution in [0.3, 0.4) is 0 Å². The lowest BCUT2D eigenvalue weighted by Crippen LogP contribution is -2.55. The van der Waals surface area contributed by atoms with Crippen molar-refractivity contribution in [3.05, 3.63) is 46.8 Å². The summed E-state index contributed by atoms with van der Waals surface area (Å²) in [4.78, 5) is 14.1. The maximum absolute atomic E-state index is 13.2. The van der Waals surface area contributed by atoms with Gasteiger partial charge in [0.25, 0.3) is 0 Å². The highest BCUT2D eigenvalue weighted by atomic mass is 19.4. The normalized spacial score (nSPS) is 18.0. The Hall–Kier alpha value is -2.96. The molecule has 1 unspecified atom stereocenters. The van der Waals surface area contributed by atoms with Crippen LogP contribution >= 0.6 is 0 Å². The molecular formula is C18H17F6N5O2. The number of aryl methyl sites for hydroxylation is 1. The van der Waals surface area contributed by atoms with E-state index in [1.807, 2.05) is 0 Å². The number of morpholine rings is 1. The molecule has 31 heavy (non-hydrogen) atoms. The summed E-state index contributed by atoms with van der Waals surface area (Å²) in [6.45, 7) is 0.395. The zero-order valence-electron chi connectivity index (χ0n) is 16.1. The number of hydrogen-bond donors (Lipinski definition) is 0. The SMILES string of the molecule is Cc1nnn(Cc2cc(C(F)(F)F)ccc2C=CC(=O)N2CCOCC2C(F)(F)F)n1. The molecule has 0 aliphatic carbocycles. The molecular weight excluding hydrogens is 432 g/mol. The summed E-state index contributed by atoms with van der Waals surface area (Å²) in [5, 5.41) is 11.3. The van der Waals surface area contributed by atoms with Crippen LogP contribution in [-0.4, -0.2) is 63.0 Å². The van der Waals surface area contributed by atoms with E-state index in [1.54, 1.807) is 6.92 Å². The highest BCUT2D eigenvalue weighted by Gasteiger charge is 2.46. The second-order valence-corrected chi connectivity index (χ2v) is 6.78. The first-order valence-corrected chi connectivity index (χ1v) is 9.03. The molecule has 13 heteroatoms. The van der Waals surface area contributed by atoms with E-state index in [9.17, 15) is 31.1 Å². The Kier molecular flexibility index (Phi) is 6.34. The minimum atomic E-state index is -4.67. The highest BCUT2D eigenvalue weighted by Crippen LogP contribution is 2.31. The number of nitrogens with zero attached hydrogens (tertiary/aromatic N) is 5. The average molecular weight is 449 g/mol. The molecule has 2 heterocycles. The van der Waals surface area contributed by atoms with Gasteiger partial charge in [0.15, 0.2) is 11.9 Å². The molecule has 7 nitrogen and oxygen atoms in total. The van der Waals surface area contributed by atoms with Crippen molar-refractivity contribution in [2.75, 3.05) is 19.8 Å². The largest absolute Gasteiger partial charge is 0.416 e. The molecule has 168 valence electrons. The first-order valence-electron chi connectivity index (χ1n) is 9.03. The summed E-state index contributed by atoms with van der Waals surface area (Å²) in [5.41, 5.74) is -0.605. The van der Waals surface area contributed by atoms with Gasteiger partial charge in [-0.05, 0) is 41.5 Å². The van der Waals surface area contributed by atoms with E-state index < -0.39 is 36.5 Å². The minimum Gasteiger partial charge on any atom is -0.377 e. The van der Waals surface area contributed by atoms with E-state index >= 15 is 0 Å². The van der Waals surface area contributed by atoms with Gasteiger partial charge in [0.2, 0.25) is 5.91 Å². The van der Waals surface area contributed by atoms with Crippen LogP contribution in [0.2, 0.25) is 0 Å². The summed E-state index contributed by atoms with van der Waals surface area (Å²) in [6.07, 6.45) is -7.20. The second-order valence-electron chi connectivity index (χ2n) is 6.78. The number of aromatic nitrogens is 4. The van der Waals surface area contributed by atoms with E-state index in [2.05, 4.69) is 15.4 Å². The molecule has 1 aliphatic heterocycles. The number of amides is 1.